The van der Waals surface area contributed by atoms with Gasteiger partial charge in [-0.2, -0.15) is 9.78 Å². The first-order valence-electron chi connectivity index (χ1n) is 7.84. The smallest absolute Gasteiger partial charge is 0.212 e. The van der Waals surface area contributed by atoms with Crippen molar-refractivity contribution in [1.29, 1.82) is 0 Å². The quantitative estimate of drug-likeness (QED) is 0.623. The third-order valence-corrected chi connectivity index (χ3v) is 5.45. The van der Waals surface area contributed by atoms with Gasteiger partial charge in [0.2, 0.25) is 5.16 Å². The lowest BCUT2D eigenvalue weighted by atomic mass is 10.1. The van der Waals surface area contributed by atoms with Gasteiger partial charge < -0.3 is 9.47 Å². The Labute approximate surface area is 163 Å². The Morgan fingerprint density at radius 3 is 2.42 bits per heavy atom. The molecule has 2 aromatic carbocycles. The number of fused-ring (bicyclic) bond motifs is 1. The summed E-state index contributed by atoms with van der Waals surface area (Å²) < 4.78 is 13.5. The summed E-state index contributed by atoms with van der Waals surface area (Å²) in [6, 6.07) is 13.7. The molecule has 3 aromatic rings. The van der Waals surface area contributed by atoms with E-state index in [9.17, 15) is 0 Å². The molecule has 0 fully saturated rings. The maximum Gasteiger partial charge on any atom is 0.212 e. The SMILES string of the molecule is COc1ccc(C2=Nn3c(nnc3-c3ccc(Br)cc3)SC2)cc1OC. The zero-order chi connectivity index (χ0) is 18.1. The monoisotopic (exact) mass is 430 g/mol. The standard InChI is InChI=1S/C18H15BrN4O2S/c1-24-15-8-5-12(9-16(15)25-2)14-10-26-18-21-20-17(23(18)22-14)11-3-6-13(19)7-4-11/h3-9H,10H2,1-2H3. The van der Waals surface area contributed by atoms with Crippen molar-refractivity contribution < 1.29 is 9.47 Å². The summed E-state index contributed by atoms with van der Waals surface area (Å²) in [6.45, 7) is 0. The molecular weight excluding hydrogens is 416 g/mol. The van der Waals surface area contributed by atoms with Gasteiger partial charge in [0.25, 0.3) is 0 Å². The fraction of sp³-hybridized carbons (Fsp3) is 0.167. The van der Waals surface area contributed by atoms with Crippen LogP contribution in [-0.2, 0) is 0 Å². The number of nitrogens with zero attached hydrogens (tertiary/aromatic N) is 4. The zero-order valence-electron chi connectivity index (χ0n) is 14.1. The largest absolute Gasteiger partial charge is 0.493 e. The molecule has 0 saturated carbocycles. The van der Waals surface area contributed by atoms with E-state index >= 15 is 0 Å². The molecule has 0 atom stereocenters. The van der Waals surface area contributed by atoms with Gasteiger partial charge in [0.05, 0.1) is 19.9 Å². The molecule has 1 aromatic heterocycles. The second-order valence-corrected chi connectivity index (χ2v) is 7.39. The highest BCUT2D eigenvalue weighted by Crippen LogP contribution is 2.32. The van der Waals surface area contributed by atoms with Crippen LogP contribution in [-0.4, -0.2) is 40.6 Å². The molecule has 0 N–H and O–H groups in total. The van der Waals surface area contributed by atoms with Crippen molar-refractivity contribution in [3.8, 4) is 22.9 Å². The van der Waals surface area contributed by atoms with Gasteiger partial charge in [0.15, 0.2) is 17.3 Å². The molecule has 0 unspecified atom stereocenters. The minimum absolute atomic E-state index is 0.681. The molecule has 1 aliphatic rings. The average Bonchev–Trinajstić information content (AvgIpc) is 3.11. The normalized spacial score (nSPS) is 13.1. The lowest BCUT2D eigenvalue weighted by Gasteiger charge is -2.15. The van der Waals surface area contributed by atoms with E-state index in [1.165, 1.54) is 0 Å². The van der Waals surface area contributed by atoms with Crippen molar-refractivity contribution in [3.05, 3.63) is 52.5 Å². The maximum absolute atomic E-state index is 5.40. The van der Waals surface area contributed by atoms with E-state index in [0.717, 1.165) is 32.3 Å². The highest BCUT2D eigenvalue weighted by atomic mass is 79.9. The number of hydrogen-bond donors (Lipinski definition) is 0. The van der Waals surface area contributed by atoms with E-state index in [4.69, 9.17) is 14.6 Å². The Balaban J connectivity index is 1.75. The third-order valence-electron chi connectivity index (χ3n) is 3.99. The van der Waals surface area contributed by atoms with E-state index in [2.05, 4.69) is 26.1 Å². The average molecular weight is 431 g/mol. The highest BCUT2D eigenvalue weighted by molar-refractivity contribution is 9.10. The summed E-state index contributed by atoms with van der Waals surface area (Å²) in [6.07, 6.45) is 0. The van der Waals surface area contributed by atoms with Crippen LogP contribution in [0.25, 0.3) is 11.4 Å². The van der Waals surface area contributed by atoms with Crippen LogP contribution in [0.5, 0.6) is 11.5 Å². The molecule has 0 spiro atoms. The molecular formula is C18H15BrN4O2S. The van der Waals surface area contributed by atoms with Gasteiger partial charge in [-0.1, -0.05) is 39.8 Å². The minimum Gasteiger partial charge on any atom is -0.493 e. The van der Waals surface area contributed by atoms with Crippen LogP contribution in [0.15, 0.2) is 57.2 Å². The molecule has 1 aliphatic heterocycles. The van der Waals surface area contributed by atoms with Gasteiger partial charge in [-0.05, 0) is 30.3 Å². The van der Waals surface area contributed by atoms with Crippen LogP contribution in [0.1, 0.15) is 5.56 Å². The highest BCUT2D eigenvalue weighted by Gasteiger charge is 2.21. The van der Waals surface area contributed by atoms with Gasteiger partial charge in [0.1, 0.15) is 0 Å². The Hall–Kier alpha value is -2.32. The summed E-state index contributed by atoms with van der Waals surface area (Å²) in [5.41, 5.74) is 2.88. The van der Waals surface area contributed by atoms with Crippen LogP contribution >= 0.6 is 27.7 Å². The number of thioether (sulfide) groups is 1. The number of aromatic nitrogens is 3. The van der Waals surface area contributed by atoms with Crippen molar-refractivity contribution in [2.45, 2.75) is 5.16 Å². The number of rotatable bonds is 4. The predicted molar refractivity (Wildman–Crippen MR) is 105 cm³/mol. The maximum atomic E-state index is 5.40. The molecule has 26 heavy (non-hydrogen) atoms. The summed E-state index contributed by atoms with van der Waals surface area (Å²) in [4.78, 5) is 0. The van der Waals surface area contributed by atoms with E-state index in [-0.39, 0.29) is 0 Å². The second kappa shape index (κ2) is 7.13. The minimum atomic E-state index is 0.681. The summed E-state index contributed by atoms with van der Waals surface area (Å²) in [5, 5.41) is 14.1. The van der Waals surface area contributed by atoms with Crippen molar-refractivity contribution in [1.82, 2.24) is 14.9 Å². The first kappa shape index (κ1) is 17.1. The molecule has 2 heterocycles. The molecule has 132 valence electrons. The first-order chi connectivity index (χ1) is 12.7. The van der Waals surface area contributed by atoms with Gasteiger partial charge in [-0.25, -0.2) is 0 Å². The molecule has 0 radical (unpaired) electrons. The Morgan fingerprint density at radius 1 is 0.962 bits per heavy atom. The van der Waals surface area contributed by atoms with E-state index in [1.807, 2.05) is 42.5 Å². The van der Waals surface area contributed by atoms with Crippen molar-refractivity contribution in [2.24, 2.45) is 5.10 Å². The molecule has 0 aliphatic carbocycles. The zero-order valence-corrected chi connectivity index (χ0v) is 16.5. The molecule has 8 heteroatoms. The molecule has 0 amide bonds. The van der Waals surface area contributed by atoms with Crippen molar-refractivity contribution >= 4 is 33.4 Å². The topological polar surface area (TPSA) is 61.5 Å². The second-order valence-electron chi connectivity index (χ2n) is 5.53. The van der Waals surface area contributed by atoms with Crippen LogP contribution in [0.3, 0.4) is 0 Å². The van der Waals surface area contributed by atoms with Crippen LogP contribution in [0.2, 0.25) is 0 Å². The molecule has 6 nitrogen and oxygen atoms in total. The number of halogens is 1. The summed E-state index contributed by atoms with van der Waals surface area (Å²) in [5.74, 6) is 2.81. The number of hydrogen-bond acceptors (Lipinski definition) is 6. The van der Waals surface area contributed by atoms with E-state index in [1.54, 1.807) is 30.7 Å². The van der Waals surface area contributed by atoms with Crippen LogP contribution < -0.4 is 9.47 Å². The number of benzene rings is 2. The van der Waals surface area contributed by atoms with Crippen LogP contribution in [0.4, 0.5) is 0 Å². The van der Waals surface area contributed by atoms with Gasteiger partial charge in [0, 0.05) is 21.4 Å². The lowest BCUT2D eigenvalue weighted by Crippen LogP contribution is -2.14. The molecule has 0 bridgehead atoms. The van der Waals surface area contributed by atoms with Gasteiger partial charge in [-0.15, -0.1) is 10.2 Å². The van der Waals surface area contributed by atoms with E-state index in [0.29, 0.717) is 17.3 Å². The number of ether oxygens (including phenoxy) is 2. The summed E-state index contributed by atoms with van der Waals surface area (Å²) >= 11 is 5.06. The Kier molecular flexibility index (Phi) is 4.69. The fourth-order valence-electron chi connectivity index (χ4n) is 2.66. The lowest BCUT2D eigenvalue weighted by molar-refractivity contribution is 0.355. The van der Waals surface area contributed by atoms with Crippen LogP contribution in [0, 0.1) is 0 Å². The molecule has 0 saturated heterocycles. The third kappa shape index (κ3) is 3.10. The van der Waals surface area contributed by atoms with Gasteiger partial charge in [-0.3, -0.25) is 0 Å². The van der Waals surface area contributed by atoms with Crippen molar-refractivity contribution in [3.63, 3.8) is 0 Å². The number of methoxy groups -OCH3 is 2. The summed E-state index contributed by atoms with van der Waals surface area (Å²) in [7, 11) is 3.25. The fourth-order valence-corrected chi connectivity index (χ4v) is 3.77. The van der Waals surface area contributed by atoms with Gasteiger partial charge >= 0.3 is 0 Å². The van der Waals surface area contributed by atoms with Crippen molar-refractivity contribution in [2.75, 3.05) is 20.0 Å². The Bertz CT molecular complexity index is 985. The van der Waals surface area contributed by atoms with E-state index < -0.39 is 0 Å². The predicted octanol–water partition coefficient (Wildman–Crippen LogP) is 4.08. The Morgan fingerprint density at radius 2 is 1.69 bits per heavy atom. The first-order valence-corrected chi connectivity index (χ1v) is 9.62. The molecule has 4 rings (SSSR count).